The van der Waals surface area contributed by atoms with Crippen LogP contribution in [0.5, 0.6) is 0 Å². The summed E-state index contributed by atoms with van der Waals surface area (Å²) in [4.78, 5) is 2.86. The van der Waals surface area contributed by atoms with E-state index in [1.807, 2.05) is 0 Å². The van der Waals surface area contributed by atoms with E-state index in [1.165, 1.54) is 12.1 Å². The fraction of sp³-hybridized carbons (Fsp3) is 0.273. The van der Waals surface area contributed by atoms with Crippen molar-refractivity contribution in [2.75, 3.05) is 5.33 Å². The fourth-order valence-corrected chi connectivity index (χ4v) is 2.01. The van der Waals surface area contributed by atoms with Crippen LogP contribution < -0.4 is 0 Å². The third kappa shape index (κ3) is 1.98. The predicted octanol–water partition coefficient (Wildman–Crippen LogP) is 2.10. The van der Waals surface area contributed by atoms with Crippen molar-refractivity contribution in [3.05, 3.63) is 35.8 Å². The van der Waals surface area contributed by atoms with Crippen LogP contribution >= 0.6 is 15.9 Å². The Morgan fingerprint density at radius 1 is 1.38 bits per heavy atom. The smallest absolute Gasteiger partial charge is 0.125 e. The Morgan fingerprint density at radius 2 is 2.12 bits per heavy atom. The number of hydrogen-bond donors (Lipinski definition) is 3. The Hall–Kier alpha value is -0.910. The normalized spacial score (nSPS) is 15.2. The first kappa shape index (κ1) is 11.6. The largest absolute Gasteiger partial charge is 0.389 e. The van der Waals surface area contributed by atoms with Gasteiger partial charge in [0.2, 0.25) is 0 Å². The molecule has 0 spiro atoms. The molecule has 1 aromatic carbocycles. The number of H-pyrrole nitrogens is 1. The number of alkyl halides is 1. The van der Waals surface area contributed by atoms with Crippen molar-refractivity contribution in [2.24, 2.45) is 0 Å². The van der Waals surface area contributed by atoms with Crippen LogP contribution in [0.4, 0.5) is 4.39 Å². The van der Waals surface area contributed by atoms with Gasteiger partial charge in [0.05, 0.1) is 6.10 Å². The van der Waals surface area contributed by atoms with E-state index in [4.69, 9.17) is 0 Å². The minimum absolute atomic E-state index is 0.280. The molecule has 0 radical (unpaired) electrons. The molecule has 5 heteroatoms. The molecular formula is C11H11BrFNO2. The van der Waals surface area contributed by atoms with Gasteiger partial charge in [-0.15, -0.1) is 0 Å². The maximum atomic E-state index is 12.9. The lowest BCUT2D eigenvalue weighted by Gasteiger charge is -2.14. The molecule has 86 valence electrons. The molecule has 1 aromatic heterocycles. The minimum atomic E-state index is -0.987. The predicted molar refractivity (Wildman–Crippen MR) is 63.0 cm³/mol. The number of halogens is 2. The molecule has 3 nitrogen and oxygen atoms in total. The lowest BCUT2D eigenvalue weighted by molar-refractivity contribution is 0.0352. The molecule has 2 rings (SSSR count). The summed E-state index contributed by atoms with van der Waals surface area (Å²) in [5.41, 5.74) is 1.18. The van der Waals surface area contributed by atoms with Gasteiger partial charge in [-0.1, -0.05) is 15.9 Å². The van der Waals surface area contributed by atoms with Crippen molar-refractivity contribution >= 4 is 26.8 Å². The van der Waals surface area contributed by atoms with Crippen LogP contribution in [-0.4, -0.2) is 26.6 Å². The van der Waals surface area contributed by atoms with E-state index in [0.29, 0.717) is 16.5 Å². The van der Waals surface area contributed by atoms with Gasteiger partial charge < -0.3 is 15.2 Å². The molecule has 0 aliphatic heterocycles. The molecule has 3 N–H and O–H groups in total. The van der Waals surface area contributed by atoms with Gasteiger partial charge in [0.25, 0.3) is 0 Å². The average molecular weight is 288 g/mol. The highest BCUT2D eigenvalue weighted by Gasteiger charge is 2.20. The van der Waals surface area contributed by atoms with Crippen LogP contribution in [-0.2, 0) is 0 Å². The second kappa shape index (κ2) is 4.53. The minimum Gasteiger partial charge on any atom is -0.389 e. The molecule has 2 unspecified atom stereocenters. The van der Waals surface area contributed by atoms with Crippen molar-refractivity contribution in [3.8, 4) is 0 Å². The number of aromatic amines is 1. The molecule has 0 saturated heterocycles. The summed E-state index contributed by atoms with van der Waals surface area (Å²) in [5, 5.41) is 20.4. The van der Waals surface area contributed by atoms with Gasteiger partial charge in [-0.05, 0) is 18.2 Å². The van der Waals surface area contributed by atoms with E-state index in [1.54, 1.807) is 12.3 Å². The maximum absolute atomic E-state index is 12.9. The molecule has 0 saturated carbocycles. The zero-order valence-corrected chi connectivity index (χ0v) is 9.91. The number of aliphatic hydroxyl groups is 2. The Morgan fingerprint density at radius 3 is 2.81 bits per heavy atom. The monoisotopic (exact) mass is 287 g/mol. The summed E-state index contributed by atoms with van der Waals surface area (Å²) in [6.45, 7) is 0. The van der Waals surface area contributed by atoms with Gasteiger partial charge in [0.1, 0.15) is 11.9 Å². The topological polar surface area (TPSA) is 56.2 Å². The van der Waals surface area contributed by atoms with Crippen molar-refractivity contribution < 1.29 is 14.6 Å². The Bertz CT molecular complexity index is 500. The van der Waals surface area contributed by atoms with Gasteiger partial charge in [0.15, 0.2) is 0 Å². The number of hydrogen-bond acceptors (Lipinski definition) is 2. The molecule has 0 aliphatic rings. The van der Waals surface area contributed by atoms with Gasteiger partial charge in [-0.3, -0.25) is 0 Å². The third-order valence-electron chi connectivity index (χ3n) is 2.52. The van der Waals surface area contributed by atoms with Crippen LogP contribution in [0.25, 0.3) is 10.9 Å². The first-order valence-electron chi connectivity index (χ1n) is 4.82. The van der Waals surface area contributed by atoms with Crippen molar-refractivity contribution in [3.63, 3.8) is 0 Å². The second-order valence-corrected chi connectivity index (χ2v) is 4.25. The zero-order valence-electron chi connectivity index (χ0n) is 8.32. The lowest BCUT2D eigenvalue weighted by Crippen LogP contribution is -2.19. The number of aromatic nitrogens is 1. The lowest BCUT2D eigenvalue weighted by atomic mass is 10.0. The molecule has 16 heavy (non-hydrogen) atoms. The fourth-order valence-electron chi connectivity index (χ4n) is 1.66. The third-order valence-corrected chi connectivity index (χ3v) is 3.18. The van der Waals surface area contributed by atoms with E-state index in [9.17, 15) is 14.6 Å². The number of aliphatic hydroxyl groups excluding tert-OH is 2. The quantitative estimate of drug-likeness (QED) is 0.758. The van der Waals surface area contributed by atoms with Crippen LogP contribution in [0.1, 0.15) is 11.7 Å². The van der Waals surface area contributed by atoms with Crippen molar-refractivity contribution in [1.29, 1.82) is 0 Å². The number of nitrogens with one attached hydrogen (secondary N) is 1. The number of fused-ring (bicyclic) bond motifs is 1. The summed E-state index contributed by atoms with van der Waals surface area (Å²) >= 11 is 3.10. The average Bonchev–Trinajstić information content (AvgIpc) is 2.69. The summed E-state index contributed by atoms with van der Waals surface area (Å²) < 4.78 is 12.9. The van der Waals surface area contributed by atoms with Crippen molar-refractivity contribution in [1.82, 2.24) is 4.98 Å². The van der Waals surface area contributed by atoms with Gasteiger partial charge in [0, 0.05) is 28.0 Å². The molecule has 2 aromatic rings. The summed E-state index contributed by atoms with van der Waals surface area (Å²) in [6, 6.07) is 4.26. The van der Waals surface area contributed by atoms with Crippen LogP contribution in [0.3, 0.4) is 0 Å². The van der Waals surface area contributed by atoms with Crippen LogP contribution in [0.2, 0.25) is 0 Å². The maximum Gasteiger partial charge on any atom is 0.125 e. The van der Waals surface area contributed by atoms with Crippen LogP contribution in [0, 0.1) is 5.82 Å². The summed E-state index contributed by atoms with van der Waals surface area (Å²) in [6.07, 6.45) is -0.289. The summed E-state index contributed by atoms with van der Waals surface area (Å²) in [7, 11) is 0. The molecular weight excluding hydrogens is 277 g/mol. The molecule has 0 bridgehead atoms. The Kier molecular flexibility index (Phi) is 3.28. The Balaban J connectivity index is 2.45. The highest BCUT2D eigenvalue weighted by molar-refractivity contribution is 9.09. The standard InChI is InChI=1S/C11H11BrFNO2/c12-4-10(15)11(16)8-5-14-9-3-6(13)1-2-7(8)9/h1-3,5,10-11,14-16H,4H2. The summed E-state index contributed by atoms with van der Waals surface area (Å²) in [5.74, 6) is -0.337. The van der Waals surface area contributed by atoms with E-state index in [2.05, 4.69) is 20.9 Å². The number of benzene rings is 1. The highest BCUT2D eigenvalue weighted by atomic mass is 79.9. The van der Waals surface area contributed by atoms with E-state index in [-0.39, 0.29) is 11.1 Å². The van der Waals surface area contributed by atoms with Crippen molar-refractivity contribution in [2.45, 2.75) is 12.2 Å². The Labute approximate surface area is 100 Å². The first-order chi connectivity index (χ1) is 7.63. The van der Waals surface area contributed by atoms with E-state index >= 15 is 0 Å². The zero-order chi connectivity index (χ0) is 11.7. The molecule has 0 aliphatic carbocycles. The number of rotatable bonds is 3. The van der Waals surface area contributed by atoms with Gasteiger partial charge >= 0.3 is 0 Å². The molecule has 0 fully saturated rings. The van der Waals surface area contributed by atoms with Gasteiger partial charge in [-0.2, -0.15) is 0 Å². The van der Waals surface area contributed by atoms with Gasteiger partial charge in [-0.25, -0.2) is 4.39 Å². The second-order valence-electron chi connectivity index (χ2n) is 3.60. The SMILES string of the molecule is OC(CBr)C(O)c1c[nH]c2cc(F)ccc12. The highest BCUT2D eigenvalue weighted by Crippen LogP contribution is 2.27. The molecule has 0 amide bonds. The van der Waals surface area contributed by atoms with Crippen LogP contribution in [0.15, 0.2) is 24.4 Å². The molecule has 1 heterocycles. The van der Waals surface area contributed by atoms with E-state index in [0.717, 1.165) is 0 Å². The first-order valence-corrected chi connectivity index (χ1v) is 5.94. The molecule has 2 atom stereocenters. The van der Waals surface area contributed by atoms with E-state index < -0.39 is 12.2 Å².